The highest BCUT2D eigenvalue weighted by Crippen LogP contribution is 2.27. The van der Waals surface area contributed by atoms with Gasteiger partial charge in [-0.3, -0.25) is 9.11 Å². The Labute approximate surface area is 89.3 Å². The van der Waals surface area contributed by atoms with Gasteiger partial charge in [0.25, 0.3) is 0 Å². The zero-order chi connectivity index (χ0) is 11.5. The van der Waals surface area contributed by atoms with E-state index in [1.807, 2.05) is 0 Å². The summed E-state index contributed by atoms with van der Waals surface area (Å²) in [6.07, 6.45) is -4.33. The molecule has 0 spiro atoms. The van der Waals surface area contributed by atoms with E-state index in [1.54, 1.807) is 0 Å². The summed E-state index contributed by atoms with van der Waals surface area (Å²) in [4.78, 5) is 1.34. The summed E-state index contributed by atoms with van der Waals surface area (Å²) in [5.74, 6) is 0.661. The molecule has 1 atom stereocenters. The summed E-state index contributed by atoms with van der Waals surface area (Å²) < 4.78 is 48.9. The van der Waals surface area contributed by atoms with Crippen LogP contribution in [0.1, 0.15) is 6.42 Å². The van der Waals surface area contributed by atoms with Crippen molar-refractivity contribution in [1.29, 1.82) is 0 Å². The van der Waals surface area contributed by atoms with Crippen LogP contribution in [-0.4, -0.2) is 52.5 Å². The molecule has 1 heterocycles. The lowest BCUT2D eigenvalue weighted by atomic mass is 10.1. The van der Waals surface area contributed by atoms with E-state index in [1.165, 1.54) is 4.90 Å². The molecule has 0 amide bonds. The number of halogens is 3. The second-order valence-corrected chi connectivity index (χ2v) is 5.21. The molecule has 0 aromatic heterocycles. The molecular formula is C8H15F3N2OS. The first kappa shape index (κ1) is 12.9. The van der Waals surface area contributed by atoms with Crippen molar-refractivity contribution in [3.8, 4) is 0 Å². The molecule has 0 aromatic carbocycles. The van der Waals surface area contributed by atoms with Crippen LogP contribution in [0, 0.1) is 0 Å². The molecule has 0 radical (unpaired) electrons. The fourth-order valence-corrected chi connectivity index (χ4v) is 2.76. The Kier molecular flexibility index (Phi) is 4.54. The summed E-state index contributed by atoms with van der Waals surface area (Å²) in [6.45, 7) is 0.511. The first-order valence-electron chi connectivity index (χ1n) is 4.81. The summed E-state index contributed by atoms with van der Waals surface area (Å²) in [5.41, 5.74) is 5.17. The number of nitrogens with zero attached hydrogens (tertiary/aromatic N) is 1. The van der Waals surface area contributed by atoms with Gasteiger partial charge in [-0.15, -0.1) is 0 Å². The van der Waals surface area contributed by atoms with E-state index in [0.717, 1.165) is 0 Å². The Balaban J connectivity index is 2.60. The van der Waals surface area contributed by atoms with E-state index in [2.05, 4.69) is 0 Å². The highest BCUT2D eigenvalue weighted by Gasteiger charge is 2.43. The van der Waals surface area contributed by atoms with Crippen LogP contribution in [0.3, 0.4) is 0 Å². The maximum absolute atomic E-state index is 12.6. The second-order valence-electron chi connectivity index (χ2n) is 3.52. The lowest BCUT2D eigenvalue weighted by Gasteiger charge is -2.35. The number of nitrogens with two attached hydrogens (primary N) is 1. The molecule has 0 aromatic rings. The molecule has 1 rings (SSSR count). The third kappa shape index (κ3) is 3.73. The van der Waals surface area contributed by atoms with Crippen LogP contribution in [0.2, 0.25) is 0 Å². The van der Waals surface area contributed by atoms with Gasteiger partial charge in [-0.05, 0) is 13.0 Å². The molecule has 7 heteroatoms. The second kappa shape index (κ2) is 5.27. The van der Waals surface area contributed by atoms with E-state index in [-0.39, 0.29) is 26.1 Å². The molecule has 1 aliphatic heterocycles. The lowest BCUT2D eigenvalue weighted by Crippen LogP contribution is -2.51. The Bertz CT molecular complexity index is 224. The van der Waals surface area contributed by atoms with E-state index < -0.39 is 23.0 Å². The average molecular weight is 244 g/mol. The maximum Gasteiger partial charge on any atom is 0.404 e. The van der Waals surface area contributed by atoms with Gasteiger partial charge in [-0.25, -0.2) is 0 Å². The number of hydrogen-bond acceptors (Lipinski definition) is 3. The molecule has 0 aliphatic carbocycles. The maximum atomic E-state index is 12.6. The zero-order valence-electron chi connectivity index (χ0n) is 8.29. The SMILES string of the molecule is NCCC(N1CCS(=O)CC1)C(F)(F)F. The standard InChI is InChI=1S/C8H15F3N2OS/c9-8(10,11)7(1-2-12)13-3-5-15(14)6-4-13/h7H,1-6,12H2. The largest absolute Gasteiger partial charge is 0.404 e. The van der Waals surface area contributed by atoms with E-state index in [0.29, 0.717) is 11.5 Å². The molecule has 1 saturated heterocycles. The quantitative estimate of drug-likeness (QED) is 0.778. The van der Waals surface area contributed by atoms with E-state index >= 15 is 0 Å². The van der Waals surface area contributed by atoms with Crippen molar-refractivity contribution in [2.45, 2.75) is 18.6 Å². The predicted octanol–water partition coefficient (Wildman–Crippen LogP) is 0.330. The van der Waals surface area contributed by atoms with Crippen molar-refractivity contribution in [3.05, 3.63) is 0 Å². The smallest absolute Gasteiger partial charge is 0.330 e. The number of rotatable bonds is 3. The van der Waals surface area contributed by atoms with Crippen molar-refractivity contribution in [2.24, 2.45) is 5.73 Å². The summed E-state index contributed by atoms with van der Waals surface area (Å²) in [5, 5.41) is 0. The Morgan fingerprint density at radius 2 is 1.87 bits per heavy atom. The van der Waals surface area contributed by atoms with Crippen LogP contribution in [0.25, 0.3) is 0 Å². The van der Waals surface area contributed by atoms with Crippen LogP contribution < -0.4 is 5.73 Å². The molecular weight excluding hydrogens is 229 g/mol. The van der Waals surface area contributed by atoms with Crippen molar-refractivity contribution in [2.75, 3.05) is 31.1 Å². The molecule has 90 valence electrons. The van der Waals surface area contributed by atoms with Crippen LogP contribution in [0.4, 0.5) is 13.2 Å². The third-order valence-electron chi connectivity index (χ3n) is 2.47. The normalized spacial score (nSPS) is 22.9. The van der Waals surface area contributed by atoms with Crippen molar-refractivity contribution >= 4 is 10.8 Å². The molecule has 1 aliphatic rings. The van der Waals surface area contributed by atoms with Crippen molar-refractivity contribution in [1.82, 2.24) is 4.90 Å². The zero-order valence-corrected chi connectivity index (χ0v) is 9.11. The highest BCUT2D eigenvalue weighted by molar-refractivity contribution is 7.85. The van der Waals surface area contributed by atoms with Gasteiger partial charge in [0, 0.05) is 35.4 Å². The summed E-state index contributed by atoms with van der Waals surface area (Å²) in [7, 11) is -0.948. The number of hydrogen-bond donors (Lipinski definition) is 1. The van der Waals surface area contributed by atoms with Crippen LogP contribution in [-0.2, 0) is 10.8 Å². The van der Waals surface area contributed by atoms with Gasteiger partial charge < -0.3 is 5.73 Å². The van der Waals surface area contributed by atoms with E-state index in [4.69, 9.17) is 5.73 Å². The molecule has 1 unspecified atom stereocenters. The Morgan fingerprint density at radius 3 is 2.27 bits per heavy atom. The Morgan fingerprint density at radius 1 is 1.33 bits per heavy atom. The number of alkyl halides is 3. The highest BCUT2D eigenvalue weighted by atomic mass is 32.2. The van der Waals surface area contributed by atoms with Crippen molar-refractivity contribution < 1.29 is 17.4 Å². The predicted molar refractivity (Wildman–Crippen MR) is 53.0 cm³/mol. The minimum atomic E-state index is -4.24. The minimum Gasteiger partial charge on any atom is -0.330 e. The first-order chi connectivity index (χ1) is 6.95. The third-order valence-corrected chi connectivity index (χ3v) is 3.75. The fraction of sp³-hybridized carbons (Fsp3) is 1.00. The Hall–Kier alpha value is -0.140. The van der Waals surface area contributed by atoms with Crippen LogP contribution in [0.15, 0.2) is 0 Å². The molecule has 1 fully saturated rings. The molecule has 0 saturated carbocycles. The summed E-state index contributed by atoms with van der Waals surface area (Å²) >= 11 is 0. The molecule has 3 nitrogen and oxygen atoms in total. The van der Waals surface area contributed by atoms with Gasteiger partial charge in [-0.2, -0.15) is 13.2 Å². The first-order valence-corrected chi connectivity index (χ1v) is 6.29. The monoisotopic (exact) mass is 244 g/mol. The molecule has 0 bridgehead atoms. The summed E-state index contributed by atoms with van der Waals surface area (Å²) in [6, 6.07) is -1.47. The van der Waals surface area contributed by atoms with Crippen molar-refractivity contribution in [3.63, 3.8) is 0 Å². The topological polar surface area (TPSA) is 46.3 Å². The molecule has 2 N–H and O–H groups in total. The van der Waals surface area contributed by atoms with Gasteiger partial charge in [0.1, 0.15) is 6.04 Å². The van der Waals surface area contributed by atoms with Crippen LogP contribution in [0.5, 0.6) is 0 Å². The van der Waals surface area contributed by atoms with Crippen LogP contribution >= 0.6 is 0 Å². The van der Waals surface area contributed by atoms with Gasteiger partial charge in [-0.1, -0.05) is 0 Å². The molecule has 15 heavy (non-hydrogen) atoms. The fourth-order valence-electron chi connectivity index (χ4n) is 1.67. The van der Waals surface area contributed by atoms with Gasteiger partial charge in [0.05, 0.1) is 0 Å². The minimum absolute atomic E-state index is 0.0176. The van der Waals surface area contributed by atoms with Gasteiger partial charge in [0.2, 0.25) is 0 Å². The lowest BCUT2D eigenvalue weighted by molar-refractivity contribution is -0.184. The van der Waals surface area contributed by atoms with Gasteiger partial charge >= 0.3 is 6.18 Å². The average Bonchev–Trinajstić information content (AvgIpc) is 2.14. The van der Waals surface area contributed by atoms with Gasteiger partial charge in [0.15, 0.2) is 0 Å². The van der Waals surface area contributed by atoms with E-state index in [9.17, 15) is 17.4 Å².